The molecule has 3 N–H and O–H groups in total. The summed E-state index contributed by atoms with van der Waals surface area (Å²) in [5, 5.41) is 14.0. The molecule has 4 rings (SSSR count). The molecule has 0 bridgehead atoms. The van der Waals surface area contributed by atoms with Crippen molar-refractivity contribution in [2.24, 2.45) is 0 Å². The van der Waals surface area contributed by atoms with Gasteiger partial charge in [-0.25, -0.2) is 13.8 Å². The second-order valence-electron chi connectivity index (χ2n) is 9.80. The first-order chi connectivity index (χ1) is 18.1. The molecule has 3 atom stereocenters. The molecule has 2 heterocycles. The van der Waals surface area contributed by atoms with E-state index in [1.165, 1.54) is 19.2 Å². The fourth-order valence-electron chi connectivity index (χ4n) is 5.06. The van der Waals surface area contributed by atoms with Gasteiger partial charge in [0.15, 0.2) is 5.96 Å². The predicted octanol–water partition coefficient (Wildman–Crippen LogP) is 4.95. The van der Waals surface area contributed by atoms with Crippen LogP contribution in [-0.2, 0) is 21.6 Å². The summed E-state index contributed by atoms with van der Waals surface area (Å²) in [6, 6.07) is 3.89. The molecule has 16 heteroatoms. The van der Waals surface area contributed by atoms with Crippen LogP contribution in [0, 0.1) is 5.41 Å². The van der Waals surface area contributed by atoms with Gasteiger partial charge in [0.2, 0.25) is 5.91 Å². The van der Waals surface area contributed by atoms with E-state index in [4.69, 9.17) is 21.7 Å². The van der Waals surface area contributed by atoms with Gasteiger partial charge in [0.1, 0.15) is 18.3 Å². The summed E-state index contributed by atoms with van der Waals surface area (Å²) in [5.74, 6) is -4.68. The summed E-state index contributed by atoms with van der Waals surface area (Å²) in [4.78, 5) is 30.8. The number of nitrogens with one attached hydrogen (secondary N) is 3. The first-order valence-corrected chi connectivity index (χ1v) is 12.3. The number of nitrogens with zero attached hydrogens (tertiary/aromatic N) is 3. The Labute approximate surface area is 237 Å². The maximum Gasteiger partial charge on any atom is 0.406 e. The van der Waals surface area contributed by atoms with Gasteiger partial charge in [-0.05, 0) is 25.0 Å². The first kappa shape index (κ1) is 31.6. The van der Waals surface area contributed by atoms with Crippen LogP contribution in [0.2, 0.25) is 5.02 Å². The topological polar surface area (TPSA) is 112 Å². The molecule has 2 aromatic rings. The lowest BCUT2D eigenvalue weighted by atomic mass is 9.83. The number of methoxy groups -OCH3 is 1. The van der Waals surface area contributed by atoms with Gasteiger partial charge < -0.3 is 19.9 Å². The second-order valence-corrected chi connectivity index (χ2v) is 10.2. The molecule has 2 amide bonds. The number of carbonyl (C=O) groups is 2. The quantitative estimate of drug-likeness (QED) is 0.400. The fraction of sp³-hybridized carbons (Fsp3) is 0.500. The van der Waals surface area contributed by atoms with Gasteiger partial charge in [0.05, 0.1) is 35.2 Å². The van der Waals surface area contributed by atoms with E-state index >= 15 is 0 Å². The number of ether oxygens (including phenoxy) is 1. The van der Waals surface area contributed by atoms with Gasteiger partial charge in [-0.2, -0.15) is 13.2 Å². The molecule has 2 aliphatic rings. The number of alkyl halides is 5. The molecular weight excluding hydrogens is 586 g/mol. The number of hydrogen-bond donors (Lipinski definition) is 3. The maximum absolute atomic E-state index is 14.1. The number of aromatic nitrogens is 2. The van der Waals surface area contributed by atoms with Crippen LogP contribution < -0.4 is 10.6 Å². The zero-order valence-electron chi connectivity index (χ0n) is 21.3. The monoisotopic (exact) mass is 612 g/mol. The molecule has 1 saturated heterocycles. The van der Waals surface area contributed by atoms with Crippen LogP contribution in [0.25, 0.3) is 0 Å². The number of carbonyl (C=O) groups excluding carboxylic acids is 2. The van der Waals surface area contributed by atoms with Gasteiger partial charge in [-0.15, -0.1) is 12.4 Å². The van der Waals surface area contributed by atoms with E-state index in [2.05, 4.69) is 15.6 Å². The molecule has 1 aliphatic heterocycles. The van der Waals surface area contributed by atoms with E-state index < -0.39 is 54.6 Å². The van der Waals surface area contributed by atoms with Crippen molar-refractivity contribution < 1.29 is 36.3 Å². The highest BCUT2D eigenvalue weighted by molar-refractivity contribution is 6.35. The van der Waals surface area contributed by atoms with Gasteiger partial charge in [0, 0.05) is 26.0 Å². The Kier molecular flexibility index (Phi) is 9.06. The Balaban J connectivity index is 0.00000441. The van der Waals surface area contributed by atoms with Crippen molar-refractivity contribution in [3.8, 4) is 0 Å². The van der Waals surface area contributed by atoms with Gasteiger partial charge >= 0.3 is 6.18 Å². The van der Waals surface area contributed by atoms with Crippen molar-refractivity contribution >= 4 is 47.5 Å². The lowest BCUT2D eigenvalue weighted by Gasteiger charge is -2.46. The summed E-state index contributed by atoms with van der Waals surface area (Å²) in [6.07, 6.45) is -4.88. The zero-order chi connectivity index (χ0) is 28.8. The predicted molar refractivity (Wildman–Crippen MR) is 138 cm³/mol. The lowest BCUT2D eigenvalue weighted by molar-refractivity contribution is -0.161. The highest BCUT2D eigenvalue weighted by Crippen LogP contribution is 2.41. The Morgan fingerprint density at radius 2 is 2.05 bits per heavy atom. The number of halogens is 7. The number of imidazole rings is 1. The minimum Gasteiger partial charge on any atom is -0.375 e. The molecule has 9 nitrogen and oxygen atoms in total. The number of hydrogen-bond acceptors (Lipinski definition) is 5. The van der Waals surface area contributed by atoms with Crippen molar-refractivity contribution in [2.75, 3.05) is 12.4 Å². The summed E-state index contributed by atoms with van der Waals surface area (Å²) in [7, 11) is 1.18. The van der Waals surface area contributed by atoms with Crippen LogP contribution in [0.4, 0.5) is 27.6 Å². The average molecular weight is 613 g/mol. The summed E-state index contributed by atoms with van der Waals surface area (Å²) in [5.41, 5.74) is -1.13. The van der Waals surface area contributed by atoms with E-state index in [9.17, 15) is 31.5 Å². The lowest BCUT2D eigenvalue weighted by Crippen LogP contribution is -2.63. The second kappa shape index (κ2) is 11.5. The molecule has 1 aliphatic carbocycles. The zero-order valence-corrected chi connectivity index (χ0v) is 22.9. The van der Waals surface area contributed by atoms with Crippen LogP contribution in [0.5, 0.6) is 0 Å². The third-order valence-corrected chi connectivity index (χ3v) is 7.37. The van der Waals surface area contributed by atoms with Gasteiger partial charge in [0.25, 0.3) is 11.8 Å². The molecule has 1 aromatic heterocycles. The van der Waals surface area contributed by atoms with E-state index in [1.54, 1.807) is 13.0 Å². The number of amides is 2. The van der Waals surface area contributed by atoms with Crippen molar-refractivity contribution in [3.63, 3.8) is 0 Å². The van der Waals surface area contributed by atoms with Crippen LogP contribution in [-0.4, -0.2) is 63.6 Å². The van der Waals surface area contributed by atoms with E-state index in [1.807, 2.05) is 0 Å². The van der Waals surface area contributed by atoms with Crippen LogP contribution in [0.15, 0.2) is 30.7 Å². The first-order valence-electron chi connectivity index (χ1n) is 11.9. The molecule has 0 radical (unpaired) electrons. The number of guanidine groups is 1. The Hall–Kier alpha value is -2.97. The maximum atomic E-state index is 14.1. The van der Waals surface area contributed by atoms with Crippen LogP contribution in [0.3, 0.4) is 0 Å². The van der Waals surface area contributed by atoms with Crippen LogP contribution in [0.1, 0.15) is 48.7 Å². The Morgan fingerprint density at radius 3 is 2.67 bits per heavy atom. The summed E-state index contributed by atoms with van der Waals surface area (Å²) in [6.45, 7) is 0.213. The minimum atomic E-state index is -4.57. The number of rotatable bonds is 6. The third-order valence-electron chi connectivity index (χ3n) is 6.96. The van der Waals surface area contributed by atoms with Crippen molar-refractivity contribution in [3.05, 3.63) is 47.0 Å². The normalized spacial score (nSPS) is 24.8. The van der Waals surface area contributed by atoms with Crippen molar-refractivity contribution in [2.45, 2.75) is 68.9 Å². The standard InChI is InChI=1S/C24H26ClF5N6O3.ClH/c1-22(9-18(37)36(21(31)34-22)13-6-7-23(26,27)17(8-13)39-2)14-4-3-5-15(19(14)25)33-20(38)16-10-32-12-35(16)11-24(28,29)30;/h3-5,10,12-13,17H,6-9,11H2,1-2H3,(H2,31,34)(H,33,38);1H/t13-,17-,22-;/m0./s1. The van der Waals surface area contributed by atoms with E-state index in [0.717, 1.165) is 17.4 Å². The third kappa shape index (κ3) is 6.33. The van der Waals surface area contributed by atoms with Gasteiger partial charge in [-0.3, -0.25) is 19.9 Å². The summed E-state index contributed by atoms with van der Waals surface area (Å²) < 4.78 is 72.3. The molecule has 1 aromatic carbocycles. The molecular formula is C24H27Cl2F5N6O3. The van der Waals surface area contributed by atoms with Crippen molar-refractivity contribution in [1.29, 1.82) is 5.41 Å². The minimum absolute atomic E-state index is 0. The number of anilines is 1. The average Bonchev–Trinajstić information content (AvgIpc) is 3.27. The molecule has 0 spiro atoms. The van der Waals surface area contributed by atoms with E-state index in [0.29, 0.717) is 10.1 Å². The Morgan fingerprint density at radius 1 is 1.35 bits per heavy atom. The smallest absolute Gasteiger partial charge is 0.375 e. The largest absolute Gasteiger partial charge is 0.406 e. The highest BCUT2D eigenvalue weighted by Gasteiger charge is 2.50. The molecule has 2 fully saturated rings. The Bertz CT molecular complexity index is 1270. The molecule has 40 heavy (non-hydrogen) atoms. The number of benzene rings is 1. The molecule has 0 unspecified atom stereocenters. The fourth-order valence-corrected chi connectivity index (χ4v) is 5.44. The molecule has 1 saturated carbocycles. The van der Waals surface area contributed by atoms with Gasteiger partial charge in [-0.1, -0.05) is 23.7 Å². The van der Waals surface area contributed by atoms with Crippen LogP contribution >= 0.6 is 24.0 Å². The van der Waals surface area contributed by atoms with Crippen molar-refractivity contribution in [1.82, 2.24) is 19.8 Å². The SMILES string of the molecule is CO[C@H]1C[C@@H](N2C(=N)N[C@](C)(c3cccc(NC(=O)c4cncn4CC(F)(F)F)c3Cl)CC2=O)CCC1(F)F.Cl. The van der Waals surface area contributed by atoms with E-state index in [-0.39, 0.29) is 54.0 Å². The summed E-state index contributed by atoms with van der Waals surface area (Å²) >= 11 is 6.58. The molecule has 220 valence electrons. The highest BCUT2D eigenvalue weighted by atomic mass is 35.5.